The van der Waals surface area contributed by atoms with E-state index in [1.807, 2.05) is 0 Å². The van der Waals surface area contributed by atoms with Gasteiger partial charge in [-0.1, -0.05) is 11.6 Å². The Labute approximate surface area is 153 Å². The maximum Gasteiger partial charge on any atom is 0.223 e. The van der Waals surface area contributed by atoms with E-state index < -0.39 is 0 Å². The molecule has 0 saturated heterocycles. The van der Waals surface area contributed by atoms with E-state index >= 15 is 0 Å². The van der Waals surface area contributed by atoms with Gasteiger partial charge in [0.1, 0.15) is 21.8 Å². The lowest BCUT2D eigenvalue weighted by molar-refractivity contribution is 0.592. The zero-order valence-electron chi connectivity index (χ0n) is 13.2. The van der Waals surface area contributed by atoms with Crippen LogP contribution in [0.4, 0.5) is 16.2 Å². The monoisotopic (exact) mass is 375 g/mol. The van der Waals surface area contributed by atoms with E-state index in [0.29, 0.717) is 11.0 Å². The van der Waals surface area contributed by atoms with Crippen LogP contribution in [0.3, 0.4) is 0 Å². The number of aromatic nitrogens is 3. The highest BCUT2D eigenvalue weighted by Crippen LogP contribution is 2.38. The van der Waals surface area contributed by atoms with Crippen LogP contribution in [0.5, 0.6) is 0 Å². The van der Waals surface area contributed by atoms with E-state index in [9.17, 15) is 4.39 Å². The lowest BCUT2D eigenvalue weighted by Crippen LogP contribution is -2.18. The van der Waals surface area contributed by atoms with Gasteiger partial charge in [0.25, 0.3) is 0 Å². The summed E-state index contributed by atoms with van der Waals surface area (Å²) < 4.78 is 13.1. The van der Waals surface area contributed by atoms with E-state index in [-0.39, 0.29) is 17.8 Å². The minimum absolute atomic E-state index is 0.0413. The molecule has 0 bridgehead atoms. The van der Waals surface area contributed by atoms with Crippen LogP contribution in [0.1, 0.15) is 29.5 Å². The number of fused-ring (bicyclic) bond motifs is 1. The van der Waals surface area contributed by atoms with Gasteiger partial charge in [-0.2, -0.15) is 4.98 Å². The lowest BCUT2D eigenvalue weighted by atomic mass is 9.97. The topological polar surface area (TPSA) is 76.7 Å². The molecule has 4 rings (SSSR count). The molecule has 1 aliphatic carbocycles. The number of anilines is 2. The summed E-state index contributed by atoms with van der Waals surface area (Å²) in [5.41, 5.74) is 7.60. The Morgan fingerprint density at radius 1 is 1.20 bits per heavy atom. The minimum Gasteiger partial charge on any atom is -0.368 e. The summed E-state index contributed by atoms with van der Waals surface area (Å²) in [6.07, 6.45) is 3.00. The van der Waals surface area contributed by atoms with Crippen LogP contribution in [0.15, 0.2) is 30.3 Å². The largest absolute Gasteiger partial charge is 0.368 e. The van der Waals surface area contributed by atoms with E-state index in [2.05, 4.69) is 15.3 Å². The molecule has 5 nitrogen and oxygen atoms in total. The number of nitrogens with one attached hydrogen (secondary N) is 1. The molecule has 1 atom stereocenters. The average molecular weight is 376 g/mol. The summed E-state index contributed by atoms with van der Waals surface area (Å²) >= 11 is 7.61. The maximum absolute atomic E-state index is 13.1. The first-order chi connectivity index (χ1) is 12.1. The molecule has 8 heteroatoms. The van der Waals surface area contributed by atoms with Crippen LogP contribution in [-0.4, -0.2) is 15.0 Å². The number of nitrogen functional groups attached to an aromatic ring is 1. The van der Waals surface area contributed by atoms with Gasteiger partial charge in [-0.3, -0.25) is 0 Å². The number of aryl methyl sites for hydroxylation is 1. The number of hydrogen-bond donors (Lipinski definition) is 2. The summed E-state index contributed by atoms with van der Waals surface area (Å²) in [6.45, 7) is 0. The van der Waals surface area contributed by atoms with E-state index in [0.717, 1.165) is 35.5 Å². The van der Waals surface area contributed by atoms with Crippen molar-refractivity contribution in [3.8, 4) is 10.6 Å². The second kappa shape index (κ2) is 6.57. The Kier molecular flexibility index (Phi) is 4.27. The van der Waals surface area contributed by atoms with Gasteiger partial charge in [0.2, 0.25) is 5.95 Å². The van der Waals surface area contributed by atoms with Crippen molar-refractivity contribution in [3.05, 3.63) is 51.9 Å². The number of halogens is 2. The smallest absolute Gasteiger partial charge is 0.223 e. The summed E-state index contributed by atoms with van der Waals surface area (Å²) in [5.74, 6) is 0.478. The van der Waals surface area contributed by atoms with Gasteiger partial charge in [0.05, 0.1) is 11.7 Å². The second-order valence-corrected chi connectivity index (χ2v) is 7.33. The first kappa shape index (κ1) is 16.2. The standard InChI is InChI=1S/C17H15ClFN5S/c18-13-8-14(23-17(20)22-13)21-11-2-1-3-12-15(11)24-16(25-12)9-4-6-10(19)7-5-9/h4-8,11H,1-3H2,(H3,20,21,22,23). The third-order valence-electron chi connectivity index (χ3n) is 4.08. The zero-order valence-corrected chi connectivity index (χ0v) is 14.7. The number of hydrogen-bond acceptors (Lipinski definition) is 6. The van der Waals surface area contributed by atoms with E-state index in [4.69, 9.17) is 22.3 Å². The summed E-state index contributed by atoms with van der Waals surface area (Å²) in [4.78, 5) is 14.1. The number of thiazole rings is 1. The highest BCUT2D eigenvalue weighted by atomic mass is 35.5. The van der Waals surface area contributed by atoms with Gasteiger partial charge >= 0.3 is 0 Å². The van der Waals surface area contributed by atoms with Crippen molar-refractivity contribution < 1.29 is 4.39 Å². The van der Waals surface area contributed by atoms with Gasteiger partial charge in [-0.25, -0.2) is 14.4 Å². The van der Waals surface area contributed by atoms with E-state index in [1.54, 1.807) is 29.5 Å². The molecule has 25 heavy (non-hydrogen) atoms. The fraction of sp³-hybridized carbons (Fsp3) is 0.235. The van der Waals surface area contributed by atoms with Crippen LogP contribution < -0.4 is 11.1 Å². The normalized spacial score (nSPS) is 16.5. The maximum atomic E-state index is 13.1. The van der Waals surface area contributed by atoms with Gasteiger partial charge in [0, 0.05) is 16.5 Å². The van der Waals surface area contributed by atoms with Gasteiger partial charge in [-0.15, -0.1) is 11.3 Å². The van der Waals surface area contributed by atoms with Crippen molar-refractivity contribution >= 4 is 34.7 Å². The highest BCUT2D eigenvalue weighted by Gasteiger charge is 2.25. The molecule has 0 radical (unpaired) electrons. The summed E-state index contributed by atoms with van der Waals surface area (Å²) in [6, 6.07) is 8.12. The molecule has 0 saturated carbocycles. The molecule has 3 aromatic rings. The Morgan fingerprint density at radius 3 is 2.76 bits per heavy atom. The zero-order chi connectivity index (χ0) is 17.4. The number of nitrogens with two attached hydrogens (primary N) is 1. The molecular weight excluding hydrogens is 361 g/mol. The van der Waals surface area contributed by atoms with Crippen LogP contribution in [-0.2, 0) is 6.42 Å². The van der Waals surface area contributed by atoms with Crippen molar-refractivity contribution in [1.82, 2.24) is 15.0 Å². The van der Waals surface area contributed by atoms with Crippen molar-refractivity contribution in [1.29, 1.82) is 0 Å². The Hall–Kier alpha value is -2.25. The van der Waals surface area contributed by atoms with Gasteiger partial charge < -0.3 is 11.1 Å². The molecule has 1 aliphatic rings. The quantitative estimate of drug-likeness (QED) is 0.661. The van der Waals surface area contributed by atoms with Crippen LogP contribution in [0.25, 0.3) is 10.6 Å². The highest BCUT2D eigenvalue weighted by molar-refractivity contribution is 7.15. The third-order valence-corrected chi connectivity index (χ3v) is 5.45. The minimum atomic E-state index is -0.247. The molecule has 128 valence electrons. The third kappa shape index (κ3) is 3.43. The van der Waals surface area contributed by atoms with Crippen LogP contribution in [0, 0.1) is 5.82 Å². The molecule has 2 heterocycles. The molecule has 2 aromatic heterocycles. The molecule has 0 fully saturated rings. The average Bonchev–Trinajstić information content (AvgIpc) is 3.00. The van der Waals surface area contributed by atoms with Crippen molar-refractivity contribution in [2.75, 3.05) is 11.1 Å². The van der Waals surface area contributed by atoms with Crippen molar-refractivity contribution in [2.24, 2.45) is 0 Å². The fourth-order valence-corrected chi connectivity index (χ4v) is 4.32. The van der Waals surface area contributed by atoms with Crippen LogP contribution in [0.2, 0.25) is 5.15 Å². The second-order valence-electron chi connectivity index (χ2n) is 5.86. The Morgan fingerprint density at radius 2 is 2.00 bits per heavy atom. The van der Waals surface area contributed by atoms with Gasteiger partial charge in [-0.05, 0) is 43.5 Å². The fourth-order valence-electron chi connectivity index (χ4n) is 2.96. The van der Waals surface area contributed by atoms with Crippen molar-refractivity contribution in [3.63, 3.8) is 0 Å². The van der Waals surface area contributed by atoms with Gasteiger partial charge in [0.15, 0.2) is 0 Å². The number of nitrogens with zero attached hydrogens (tertiary/aromatic N) is 3. The summed E-state index contributed by atoms with van der Waals surface area (Å²) in [5, 5.41) is 4.57. The predicted octanol–water partition coefficient (Wildman–Crippen LogP) is 4.46. The first-order valence-corrected chi connectivity index (χ1v) is 9.10. The number of benzene rings is 1. The Bertz CT molecular complexity index is 892. The van der Waals surface area contributed by atoms with Crippen LogP contribution >= 0.6 is 22.9 Å². The first-order valence-electron chi connectivity index (χ1n) is 7.90. The SMILES string of the molecule is Nc1nc(Cl)cc(NC2CCCc3sc(-c4ccc(F)cc4)nc32)n1. The predicted molar refractivity (Wildman–Crippen MR) is 98.3 cm³/mol. The molecule has 1 aromatic carbocycles. The van der Waals surface area contributed by atoms with Crippen molar-refractivity contribution in [2.45, 2.75) is 25.3 Å². The lowest BCUT2D eigenvalue weighted by Gasteiger charge is -2.22. The summed E-state index contributed by atoms with van der Waals surface area (Å²) in [7, 11) is 0. The molecule has 0 spiro atoms. The molecule has 0 aliphatic heterocycles. The molecule has 3 N–H and O–H groups in total. The molecular formula is C17H15ClFN5S. The molecule has 1 unspecified atom stereocenters. The number of rotatable bonds is 3. The van der Waals surface area contributed by atoms with E-state index in [1.165, 1.54) is 17.0 Å². The molecule has 0 amide bonds. The Balaban J connectivity index is 1.64.